The lowest BCUT2D eigenvalue weighted by molar-refractivity contribution is 0.532. The smallest absolute Gasteiger partial charge is 0.0103 e. The molecule has 0 aliphatic heterocycles. The molecule has 0 spiro atoms. The van der Waals surface area contributed by atoms with E-state index in [-0.39, 0.29) is 22.3 Å². The molecule has 8 atom stereocenters. The molecule has 0 aromatic heterocycles. The highest BCUT2D eigenvalue weighted by Crippen LogP contribution is 2.38. The van der Waals surface area contributed by atoms with Crippen LogP contribution in [0.1, 0.15) is 341 Å². The van der Waals surface area contributed by atoms with E-state index >= 15 is 0 Å². The topological polar surface area (TPSA) is 0 Å². The summed E-state index contributed by atoms with van der Waals surface area (Å²) in [6.45, 7) is 59.8. The Labute approximate surface area is 737 Å². The molecule has 1 aliphatic carbocycles. The first kappa shape index (κ1) is 110. The van der Waals surface area contributed by atoms with Gasteiger partial charge in [0.25, 0.3) is 0 Å². The van der Waals surface area contributed by atoms with Crippen LogP contribution in [0, 0.1) is 5.92 Å². The molecule has 8 unspecified atom stereocenters. The van der Waals surface area contributed by atoms with E-state index in [1.54, 1.807) is 11.1 Å². The van der Waals surface area contributed by atoms with Crippen LogP contribution in [0.3, 0.4) is 0 Å². The van der Waals surface area contributed by atoms with Crippen molar-refractivity contribution in [1.82, 2.24) is 0 Å². The van der Waals surface area contributed by atoms with Crippen molar-refractivity contribution in [2.45, 2.75) is 303 Å². The number of fused-ring (bicyclic) bond motifs is 10. The molecule has 0 nitrogen and oxygen atoms in total. The highest BCUT2D eigenvalue weighted by molar-refractivity contribution is 6.08. The van der Waals surface area contributed by atoms with E-state index in [0.29, 0.717) is 35.5 Å². The molecule has 0 bridgehead atoms. The van der Waals surface area contributed by atoms with E-state index in [2.05, 4.69) is 400 Å². The normalized spacial score (nSPS) is 12.9. The standard InChI is InChI=1S/3C18H18.2C14H16.C11H14.C10H14.7C2H6.3CH4/c1-3-13(2)17-10-6-9-16-11-14-7-4-5-8-15(14)12-18(16)17;1-3-13(2)14-8-9-17-11-15-6-4-5-7-16(15)12-18(17)10-14;1-3-13(2)16-11-10-15-9-8-14-6-4-5-7-17(14)18(15)12-16;1-3-11(2)13-10-6-8-12-7-4-5-9-14(12)13;1-3-11(2)13-9-8-12-6-4-5-7-14(12)10-13;1-8-7-10-5-3-4-6-11(10)9(8)2;1-3-9(2)10-7-5-4-6-8-10;7*1-2;;;/h3*4-13H,3H2,1-2H3;2*4-11H,3H2,1-2H3;3-6,8-9H,7H2,1-2H3;4-9H,3H2,1-2H3;7*1-2H3;3*1H4. The highest BCUT2D eigenvalue weighted by Gasteiger charge is 2.24. The molecule has 15 aromatic rings. The Morgan fingerprint density at radius 3 is 0.975 bits per heavy atom. The quantitative estimate of drug-likeness (QED) is 0.0845. The van der Waals surface area contributed by atoms with Gasteiger partial charge in [0.1, 0.15) is 0 Å². The molecule has 0 heteroatoms. The fraction of sp³-hybridized carbons (Fsp3) is 0.383. The van der Waals surface area contributed by atoms with Gasteiger partial charge < -0.3 is 0 Å². The largest absolute Gasteiger partial charge is 0.0776 e. The molecule has 0 N–H and O–H groups in total. The minimum Gasteiger partial charge on any atom is -0.0776 e. The Bertz CT molecular complexity index is 5100. The van der Waals surface area contributed by atoms with Gasteiger partial charge in [0.05, 0.1) is 0 Å². The van der Waals surface area contributed by atoms with Gasteiger partial charge in [0, 0.05) is 0 Å². The monoisotopic (exact) mass is 1610 g/mol. The van der Waals surface area contributed by atoms with Crippen LogP contribution in [0.2, 0.25) is 0 Å². The van der Waals surface area contributed by atoms with Crippen LogP contribution in [0.25, 0.3) is 86.2 Å². The lowest BCUT2D eigenvalue weighted by atomic mass is 9.91. The predicted octanol–water partition coefficient (Wildman–Crippen LogP) is 40.5. The third kappa shape index (κ3) is 32.4. The first-order valence-electron chi connectivity index (χ1n) is 46.0. The first-order chi connectivity index (χ1) is 57.1. The number of hydrogen-bond donors (Lipinski definition) is 0. The van der Waals surface area contributed by atoms with Crippen LogP contribution >= 0.6 is 0 Å². The first-order valence-corrected chi connectivity index (χ1v) is 46.0. The van der Waals surface area contributed by atoms with Gasteiger partial charge in [-0.2, -0.15) is 0 Å². The average Bonchev–Trinajstić information content (AvgIpc) is 0.943. The molecule has 16 rings (SSSR count). The molecule has 120 heavy (non-hydrogen) atoms. The van der Waals surface area contributed by atoms with E-state index in [0.717, 1.165) is 11.8 Å². The number of rotatable bonds is 12. The summed E-state index contributed by atoms with van der Waals surface area (Å²) in [5, 5.41) is 21.6. The van der Waals surface area contributed by atoms with Crippen LogP contribution in [0.15, 0.2) is 303 Å². The zero-order valence-corrected chi connectivity index (χ0v) is 78.4. The molecule has 0 saturated carbocycles. The summed E-state index contributed by atoms with van der Waals surface area (Å²) < 4.78 is 0. The molecule has 1 aliphatic rings. The zero-order chi connectivity index (χ0) is 86.8. The fourth-order valence-electron chi connectivity index (χ4n) is 14.4. The summed E-state index contributed by atoms with van der Waals surface area (Å²) in [4.78, 5) is 0. The molecule has 0 fully saturated rings. The van der Waals surface area contributed by atoms with Crippen molar-refractivity contribution < 1.29 is 0 Å². The lowest BCUT2D eigenvalue weighted by Crippen LogP contribution is -1.97. The van der Waals surface area contributed by atoms with Crippen molar-refractivity contribution in [3.05, 3.63) is 348 Å². The van der Waals surface area contributed by atoms with Gasteiger partial charge >= 0.3 is 0 Å². The molecule has 0 amide bonds. The second-order valence-corrected chi connectivity index (χ2v) is 29.5. The van der Waals surface area contributed by atoms with Crippen molar-refractivity contribution in [1.29, 1.82) is 0 Å². The van der Waals surface area contributed by atoms with Gasteiger partial charge in [-0.15, -0.1) is 0 Å². The minimum absolute atomic E-state index is 0. The van der Waals surface area contributed by atoms with Crippen LogP contribution in [0.5, 0.6) is 0 Å². The third-order valence-corrected chi connectivity index (χ3v) is 22.6. The van der Waals surface area contributed by atoms with E-state index in [1.165, 1.54) is 165 Å². The Morgan fingerprint density at radius 1 is 0.217 bits per heavy atom. The maximum Gasteiger partial charge on any atom is -0.0103 e. The molecular weight excluding hydrogens is 1440 g/mol. The van der Waals surface area contributed by atoms with Gasteiger partial charge in [-0.05, 0) is 247 Å². The maximum atomic E-state index is 2.37. The summed E-state index contributed by atoms with van der Waals surface area (Å²) in [6, 6.07) is 110. The Hall–Kier alpha value is -9.62. The van der Waals surface area contributed by atoms with Gasteiger partial charge in [-0.3, -0.25) is 0 Å². The van der Waals surface area contributed by atoms with Gasteiger partial charge in [0.2, 0.25) is 0 Å². The molecule has 0 heterocycles. The van der Waals surface area contributed by atoms with E-state index < -0.39 is 0 Å². The summed E-state index contributed by atoms with van der Waals surface area (Å²) in [5.74, 6) is 5.53. The third-order valence-electron chi connectivity index (χ3n) is 22.6. The average molecular weight is 1610 g/mol. The molecular formula is C120H168. The molecule has 15 aromatic carbocycles. The summed E-state index contributed by atoms with van der Waals surface area (Å²) in [5.41, 5.74) is 11.9. The van der Waals surface area contributed by atoms with Crippen molar-refractivity contribution in [2.24, 2.45) is 5.92 Å². The van der Waals surface area contributed by atoms with Crippen LogP contribution < -0.4 is 0 Å². The summed E-state index contributed by atoms with van der Waals surface area (Å²) >= 11 is 0. The minimum atomic E-state index is 0. The summed E-state index contributed by atoms with van der Waals surface area (Å²) in [6.07, 6.45) is 8.48. The molecule has 0 radical (unpaired) electrons. The van der Waals surface area contributed by atoms with Crippen LogP contribution in [-0.4, -0.2) is 0 Å². The van der Waals surface area contributed by atoms with Crippen molar-refractivity contribution >= 4 is 86.2 Å². The Balaban J connectivity index is 0.00000135. The molecule has 648 valence electrons. The predicted molar refractivity (Wildman–Crippen MR) is 558 cm³/mol. The van der Waals surface area contributed by atoms with E-state index in [9.17, 15) is 0 Å². The number of hydrogen-bond acceptors (Lipinski definition) is 0. The Morgan fingerprint density at radius 2 is 0.508 bits per heavy atom. The second-order valence-electron chi connectivity index (χ2n) is 29.5. The van der Waals surface area contributed by atoms with Gasteiger partial charge in [0.15, 0.2) is 0 Å². The van der Waals surface area contributed by atoms with Gasteiger partial charge in [-0.25, -0.2) is 0 Å². The van der Waals surface area contributed by atoms with E-state index in [1.807, 2.05) is 96.9 Å². The number of benzene rings is 15. The van der Waals surface area contributed by atoms with Gasteiger partial charge in [-0.1, -0.05) is 495 Å². The zero-order valence-electron chi connectivity index (χ0n) is 78.4. The van der Waals surface area contributed by atoms with E-state index in [4.69, 9.17) is 0 Å². The van der Waals surface area contributed by atoms with Crippen LogP contribution in [-0.2, 0) is 6.42 Å². The highest BCUT2D eigenvalue weighted by atomic mass is 14.3. The fourth-order valence-corrected chi connectivity index (χ4v) is 14.4. The molecule has 0 saturated heterocycles. The lowest BCUT2D eigenvalue weighted by Gasteiger charge is -2.13. The summed E-state index contributed by atoms with van der Waals surface area (Å²) in [7, 11) is 0. The second kappa shape index (κ2) is 62.5. The van der Waals surface area contributed by atoms with Crippen molar-refractivity contribution in [3.63, 3.8) is 0 Å². The van der Waals surface area contributed by atoms with Crippen molar-refractivity contribution in [3.8, 4) is 0 Å². The van der Waals surface area contributed by atoms with Crippen LogP contribution in [0.4, 0.5) is 0 Å². The van der Waals surface area contributed by atoms with Crippen molar-refractivity contribution in [2.75, 3.05) is 0 Å². The maximum absolute atomic E-state index is 2.37. The Kier molecular flexibility index (Phi) is 57.5. The SMILES string of the molecule is C.C.C.CC.CC.CC.CC.CC.CC.CC.CC1Cc2ccccc2C1C.CCC(C)c1ccc2cc3ccccc3cc2c1.CCC(C)c1ccc2ccc3ccccc3c2c1.CCC(C)c1ccc2ccccc2c1.CCC(C)c1cccc2cc3ccccc3cc12.CCC(C)c1cccc2ccccc12.CCC(C)c1ccccc1.